The van der Waals surface area contributed by atoms with Crippen LogP contribution in [0.3, 0.4) is 0 Å². The van der Waals surface area contributed by atoms with Crippen LogP contribution in [-0.2, 0) is 17.9 Å². The average Bonchev–Trinajstić information content (AvgIpc) is 3.30. The molecule has 0 atom stereocenters. The predicted octanol–water partition coefficient (Wildman–Crippen LogP) is 4.42. The quantitative estimate of drug-likeness (QED) is 0.461. The third-order valence-corrected chi connectivity index (χ3v) is 7.49. The number of hydrogen-bond acceptors (Lipinski definition) is 7. The number of pyridine rings is 1. The van der Waals surface area contributed by atoms with Crippen LogP contribution in [0, 0.1) is 18.3 Å². The second-order valence-electron chi connectivity index (χ2n) is 8.15. The minimum Gasteiger partial charge on any atom is -0.467 e. The van der Waals surface area contributed by atoms with E-state index >= 15 is 0 Å². The highest BCUT2D eigenvalue weighted by atomic mass is 32.2. The van der Waals surface area contributed by atoms with E-state index in [0.717, 1.165) is 50.2 Å². The highest BCUT2D eigenvalue weighted by Crippen LogP contribution is 2.37. The van der Waals surface area contributed by atoms with Gasteiger partial charge in [-0.2, -0.15) is 5.26 Å². The van der Waals surface area contributed by atoms with Crippen LogP contribution >= 0.6 is 24.0 Å². The van der Waals surface area contributed by atoms with E-state index in [-0.39, 0.29) is 23.6 Å². The van der Waals surface area contributed by atoms with Gasteiger partial charge in [0.15, 0.2) is 0 Å². The molecule has 0 saturated carbocycles. The van der Waals surface area contributed by atoms with E-state index in [9.17, 15) is 14.9 Å². The number of anilines is 1. The Morgan fingerprint density at radius 2 is 1.97 bits per heavy atom. The topological polar surface area (TPSA) is 82.5 Å². The van der Waals surface area contributed by atoms with Gasteiger partial charge >= 0.3 is 0 Å². The molecule has 2 fully saturated rings. The van der Waals surface area contributed by atoms with Gasteiger partial charge in [0.1, 0.15) is 27.5 Å². The minimum atomic E-state index is -0.278. The number of thiocarbonyl (C=S) groups is 1. The molecule has 0 bridgehead atoms. The monoisotopic (exact) mass is 482 g/mol. The Labute approximate surface area is 202 Å². The molecular weight excluding hydrogens is 456 g/mol. The van der Waals surface area contributed by atoms with E-state index in [4.69, 9.17) is 16.6 Å². The molecule has 1 amide bonds. The van der Waals surface area contributed by atoms with Crippen molar-refractivity contribution < 1.29 is 9.21 Å². The van der Waals surface area contributed by atoms with Gasteiger partial charge in [0.2, 0.25) is 0 Å². The van der Waals surface area contributed by atoms with Crippen molar-refractivity contribution in [1.29, 1.82) is 5.26 Å². The van der Waals surface area contributed by atoms with Crippen LogP contribution < -0.4 is 10.5 Å². The number of nitriles is 1. The molecule has 2 aliphatic heterocycles. The van der Waals surface area contributed by atoms with Gasteiger partial charge in [0.05, 0.1) is 17.7 Å². The van der Waals surface area contributed by atoms with Crippen LogP contribution in [0.1, 0.15) is 55.1 Å². The maximum absolute atomic E-state index is 13.2. The zero-order valence-corrected chi connectivity index (χ0v) is 20.4. The summed E-state index contributed by atoms with van der Waals surface area (Å²) in [6.07, 6.45) is 7.77. The average molecular weight is 483 g/mol. The first-order valence-electron chi connectivity index (χ1n) is 11.2. The lowest BCUT2D eigenvalue weighted by Gasteiger charge is -2.29. The number of hydrogen-bond donors (Lipinski definition) is 0. The number of nitrogens with zero attached hydrogens (tertiary/aromatic N) is 4. The van der Waals surface area contributed by atoms with Gasteiger partial charge in [-0.3, -0.25) is 19.1 Å². The number of carbonyl (C=O) groups excluding carboxylic acids is 1. The van der Waals surface area contributed by atoms with E-state index in [1.807, 2.05) is 13.0 Å². The molecule has 7 nitrogen and oxygen atoms in total. The second-order valence-corrected chi connectivity index (χ2v) is 9.82. The molecule has 2 aromatic heterocycles. The van der Waals surface area contributed by atoms with Crippen LogP contribution in [0.2, 0.25) is 0 Å². The summed E-state index contributed by atoms with van der Waals surface area (Å²) in [5, 5.41) is 9.72. The summed E-state index contributed by atoms with van der Waals surface area (Å²) in [6, 6.07) is 5.66. The lowest BCUT2D eigenvalue weighted by Crippen LogP contribution is -2.35. The van der Waals surface area contributed by atoms with Crippen LogP contribution in [0.25, 0.3) is 6.08 Å². The van der Waals surface area contributed by atoms with E-state index < -0.39 is 0 Å². The van der Waals surface area contributed by atoms with Crippen LogP contribution in [-0.4, -0.2) is 32.8 Å². The Morgan fingerprint density at radius 3 is 2.58 bits per heavy atom. The Kier molecular flexibility index (Phi) is 7.05. The first kappa shape index (κ1) is 23.3. The molecule has 2 aliphatic rings. The van der Waals surface area contributed by atoms with Crippen LogP contribution in [0.15, 0.2) is 32.5 Å². The maximum atomic E-state index is 13.2. The lowest BCUT2D eigenvalue weighted by molar-refractivity contribution is -0.122. The van der Waals surface area contributed by atoms with E-state index in [1.54, 1.807) is 29.9 Å². The van der Waals surface area contributed by atoms with Crippen molar-refractivity contribution in [3.63, 3.8) is 0 Å². The van der Waals surface area contributed by atoms with E-state index in [1.165, 1.54) is 16.7 Å². The summed E-state index contributed by atoms with van der Waals surface area (Å²) in [4.78, 5) is 30.6. The number of amides is 1. The molecule has 0 spiro atoms. The molecular formula is C24H26N4O3S2. The molecule has 0 radical (unpaired) electrons. The fourth-order valence-corrected chi connectivity index (χ4v) is 5.62. The number of carbonyl (C=O) groups is 1. The Morgan fingerprint density at radius 1 is 1.24 bits per heavy atom. The molecule has 2 saturated heterocycles. The van der Waals surface area contributed by atoms with Gasteiger partial charge < -0.3 is 9.32 Å². The second kappa shape index (κ2) is 9.98. The fraction of sp³-hybridized carbons (Fsp3) is 0.417. The van der Waals surface area contributed by atoms with E-state index in [2.05, 4.69) is 11.0 Å². The summed E-state index contributed by atoms with van der Waals surface area (Å²) in [5.41, 5.74) is 1.18. The summed E-state index contributed by atoms with van der Waals surface area (Å²) in [5.74, 6) is 1.24. The Balaban J connectivity index is 1.83. The molecule has 2 aromatic rings. The van der Waals surface area contributed by atoms with Gasteiger partial charge in [-0.25, -0.2) is 0 Å². The van der Waals surface area contributed by atoms with Gasteiger partial charge in [0.25, 0.3) is 11.5 Å². The van der Waals surface area contributed by atoms with Crippen molar-refractivity contribution in [2.24, 2.45) is 0 Å². The van der Waals surface area contributed by atoms with E-state index in [0.29, 0.717) is 27.1 Å². The highest BCUT2D eigenvalue weighted by molar-refractivity contribution is 8.26. The molecule has 4 rings (SSSR count). The van der Waals surface area contributed by atoms with Crippen molar-refractivity contribution in [2.75, 3.05) is 18.0 Å². The van der Waals surface area contributed by atoms with Gasteiger partial charge in [0, 0.05) is 25.2 Å². The SMILES string of the molecule is CCn1c(N2CCCCCC2)c(/C=C2\SC(=S)N(Cc3ccco3)C2=O)c(C)c(C#N)c1=O. The van der Waals surface area contributed by atoms with Crippen LogP contribution in [0.5, 0.6) is 0 Å². The molecule has 0 N–H and O–H groups in total. The zero-order valence-electron chi connectivity index (χ0n) is 18.8. The number of rotatable bonds is 5. The maximum Gasteiger partial charge on any atom is 0.270 e. The summed E-state index contributed by atoms with van der Waals surface area (Å²) in [6.45, 7) is 6.09. The molecule has 0 unspecified atom stereocenters. The first-order chi connectivity index (χ1) is 16.0. The normalized spacial score (nSPS) is 18.2. The highest BCUT2D eigenvalue weighted by Gasteiger charge is 2.34. The van der Waals surface area contributed by atoms with Crippen molar-refractivity contribution >= 4 is 46.1 Å². The predicted molar refractivity (Wildman–Crippen MR) is 134 cm³/mol. The third kappa shape index (κ3) is 4.50. The van der Waals surface area contributed by atoms with Gasteiger partial charge in [-0.15, -0.1) is 0 Å². The standard InChI is InChI=1S/C24H26N4O3S2/c1-3-27-21(26-10-6-4-5-7-11-26)18(16(2)19(14-25)22(27)29)13-20-23(30)28(24(32)33-20)15-17-9-8-12-31-17/h8-9,12-13H,3-7,10-11,15H2,1-2H3/b20-13-. The number of thioether (sulfide) groups is 1. The van der Waals surface area contributed by atoms with Crippen molar-refractivity contribution in [1.82, 2.24) is 9.47 Å². The molecule has 33 heavy (non-hydrogen) atoms. The van der Waals surface area contributed by atoms with Crippen molar-refractivity contribution in [3.8, 4) is 6.07 Å². The third-order valence-electron chi connectivity index (χ3n) is 6.11. The molecule has 172 valence electrons. The Hall–Kier alpha value is -2.83. The van der Waals surface area contributed by atoms with Gasteiger partial charge in [-0.05, 0) is 50.5 Å². The minimum absolute atomic E-state index is 0.118. The summed E-state index contributed by atoms with van der Waals surface area (Å²) in [7, 11) is 0. The number of furan rings is 1. The smallest absolute Gasteiger partial charge is 0.270 e. The van der Waals surface area contributed by atoms with Crippen molar-refractivity contribution in [2.45, 2.75) is 52.6 Å². The largest absolute Gasteiger partial charge is 0.467 e. The zero-order chi connectivity index (χ0) is 23.5. The Bertz CT molecular complexity index is 1200. The van der Waals surface area contributed by atoms with Crippen molar-refractivity contribution in [3.05, 3.63) is 56.1 Å². The van der Waals surface area contributed by atoms with Gasteiger partial charge in [-0.1, -0.05) is 36.8 Å². The fourth-order valence-electron chi connectivity index (χ4n) is 4.39. The summed E-state index contributed by atoms with van der Waals surface area (Å²) >= 11 is 6.71. The molecule has 9 heteroatoms. The molecule has 0 aromatic carbocycles. The first-order valence-corrected chi connectivity index (χ1v) is 12.4. The lowest BCUT2D eigenvalue weighted by atomic mass is 10.0. The summed E-state index contributed by atoms with van der Waals surface area (Å²) < 4.78 is 7.52. The number of aromatic nitrogens is 1. The molecule has 4 heterocycles. The molecule has 0 aliphatic carbocycles. The van der Waals surface area contributed by atoms with Crippen LogP contribution in [0.4, 0.5) is 5.82 Å².